The number of nitrogens with zero attached hydrogens (tertiary/aromatic N) is 4. The van der Waals surface area contributed by atoms with Crippen LogP contribution in [0.2, 0.25) is 0 Å². The van der Waals surface area contributed by atoms with E-state index in [-0.39, 0.29) is 11.8 Å². The lowest BCUT2D eigenvalue weighted by Gasteiger charge is -2.34. The average molecular weight is 299 g/mol. The zero-order valence-electron chi connectivity index (χ0n) is 12.1. The minimum Gasteiger partial charge on any atom is -0.367 e. The lowest BCUT2D eigenvalue weighted by atomic mass is 10.2. The molecule has 0 unspecified atom stereocenters. The minimum atomic E-state index is -0.133. The third-order valence-corrected chi connectivity index (χ3v) is 3.72. The molecule has 0 bridgehead atoms. The van der Waals surface area contributed by atoms with Crippen molar-refractivity contribution in [1.29, 1.82) is 0 Å². The predicted molar refractivity (Wildman–Crippen MR) is 79.0 cm³/mol. The molecule has 0 radical (unpaired) electrons. The molecule has 3 rings (SSSR count). The highest BCUT2D eigenvalue weighted by Crippen LogP contribution is 2.09. The van der Waals surface area contributed by atoms with E-state index in [0.29, 0.717) is 38.3 Å². The first-order valence-corrected chi connectivity index (χ1v) is 7.19. The summed E-state index contributed by atoms with van der Waals surface area (Å²) in [6.07, 6.45) is 8.53. The normalized spacial score (nSPS) is 14.9. The van der Waals surface area contributed by atoms with E-state index in [2.05, 4.69) is 15.0 Å². The van der Waals surface area contributed by atoms with E-state index < -0.39 is 0 Å². The first kappa shape index (κ1) is 14.2. The van der Waals surface area contributed by atoms with E-state index in [1.807, 2.05) is 12.3 Å². The summed E-state index contributed by atoms with van der Waals surface area (Å²) in [7, 11) is 0. The number of H-pyrrole nitrogens is 1. The molecule has 114 valence electrons. The fraction of sp³-hybridized carbons (Fsp3) is 0.333. The van der Waals surface area contributed by atoms with Crippen LogP contribution in [0, 0.1) is 0 Å². The number of hydrogen-bond donors (Lipinski definition) is 1. The van der Waals surface area contributed by atoms with Gasteiger partial charge in [0.1, 0.15) is 5.69 Å². The fourth-order valence-electron chi connectivity index (χ4n) is 2.49. The molecule has 1 N–H and O–H groups in total. The molecular formula is C15H17N5O2. The monoisotopic (exact) mass is 299 g/mol. The van der Waals surface area contributed by atoms with Crippen LogP contribution in [0.15, 0.2) is 37.1 Å². The topological polar surface area (TPSA) is 82.2 Å². The summed E-state index contributed by atoms with van der Waals surface area (Å²) in [4.78, 5) is 38.8. The maximum absolute atomic E-state index is 12.2. The number of carbonyl (C=O) groups is 2. The minimum absolute atomic E-state index is 0.0891. The Labute approximate surface area is 128 Å². The lowest BCUT2D eigenvalue weighted by Crippen LogP contribution is -2.51. The van der Waals surface area contributed by atoms with Crippen LogP contribution in [0.1, 0.15) is 16.1 Å². The van der Waals surface area contributed by atoms with Crippen molar-refractivity contribution >= 4 is 11.8 Å². The molecule has 1 aliphatic heterocycles. The van der Waals surface area contributed by atoms with E-state index in [4.69, 9.17) is 0 Å². The highest BCUT2D eigenvalue weighted by molar-refractivity contribution is 5.92. The first-order valence-electron chi connectivity index (χ1n) is 7.19. The zero-order valence-corrected chi connectivity index (χ0v) is 12.1. The number of amides is 2. The number of carbonyl (C=O) groups excluding carboxylic acids is 2. The molecule has 1 aliphatic rings. The number of hydrogen-bond acceptors (Lipinski definition) is 4. The van der Waals surface area contributed by atoms with E-state index in [1.165, 1.54) is 18.6 Å². The predicted octanol–water partition coefficient (Wildman–Crippen LogP) is 0.332. The Kier molecular flexibility index (Phi) is 4.13. The molecule has 7 heteroatoms. The van der Waals surface area contributed by atoms with Gasteiger partial charge < -0.3 is 14.8 Å². The smallest absolute Gasteiger partial charge is 0.274 e. The molecule has 22 heavy (non-hydrogen) atoms. The summed E-state index contributed by atoms with van der Waals surface area (Å²) in [5, 5.41) is 0. The molecule has 1 fully saturated rings. The number of aromatic nitrogens is 3. The molecule has 3 heterocycles. The van der Waals surface area contributed by atoms with E-state index in [0.717, 1.165) is 5.56 Å². The van der Waals surface area contributed by atoms with Crippen LogP contribution in [0.5, 0.6) is 0 Å². The quantitative estimate of drug-likeness (QED) is 0.885. The molecule has 0 aromatic carbocycles. The van der Waals surface area contributed by atoms with Gasteiger partial charge in [-0.25, -0.2) is 4.98 Å². The van der Waals surface area contributed by atoms with E-state index in [1.54, 1.807) is 16.0 Å². The van der Waals surface area contributed by atoms with Gasteiger partial charge in [-0.15, -0.1) is 0 Å². The van der Waals surface area contributed by atoms with Crippen molar-refractivity contribution in [1.82, 2.24) is 24.8 Å². The van der Waals surface area contributed by atoms with Crippen LogP contribution in [-0.2, 0) is 11.2 Å². The van der Waals surface area contributed by atoms with Crippen molar-refractivity contribution in [2.24, 2.45) is 0 Å². The van der Waals surface area contributed by atoms with Crippen molar-refractivity contribution in [2.75, 3.05) is 26.2 Å². The number of piperazine rings is 1. The molecule has 0 spiro atoms. The summed E-state index contributed by atoms with van der Waals surface area (Å²) >= 11 is 0. The molecule has 2 aromatic rings. The SMILES string of the molecule is O=C(Cc1cc[nH]c1)N1CCN(C(=O)c2cnccn2)CC1. The van der Waals surface area contributed by atoms with Crippen LogP contribution in [-0.4, -0.2) is 62.7 Å². The van der Waals surface area contributed by atoms with Gasteiger partial charge in [0, 0.05) is 51.0 Å². The summed E-state index contributed by atoms with van der Waals surface area (Å²) in [5.41, 5.74) is 1.32. The van der Waals surface area contributed by atoms with Crippen LogP contribution in [0.25, 0.3) is 0 Å². The van der Waals surface area contributed by atoms with Crippen molar-refractivity contribution in [3.05, 3.63) is 48.3 Å². The van der Waals surface area contributed by atoms with Gasteiger partial charge in [0.2, 0.25) is 5.91 Å². The average Bonchev–Trinajstić information content (AvgIpc) is 3.08. The summed E-state index contributed by atoms with van der Waals surface area (Å²) < 4.78 is 0. The standard InChI is InChI=1S/C15H17N5O2/c21-14(9-12-1-2-16-10-12)19-5-7-20(8-6-19)15(22)13-11-17-3-4-18-13/h1-4,10-11,16H,5-9H2. The number of aromatic amines is 1. The molecule has 7 nitrogen and oxygen atoms in total. The van der Waals surface area contributed by atoms with Gasteiger partial charge in [0.25, 0.3) is 5.91 Å². The van der Waals surface area contributed by atoms with Gasteiger partial charge >= 0.3 is 0 Å². The maximum Gasteiger partial charge on any atom is 0.274 e. The molecule has 0 saturated carbocycles. The Morgan fingerprint density at radius 3 is 2.55 bits per heavy atom. The molecular weight excluding hydrogens is 282 g/mol. The van der Waals surface area contributed by atoms with Gasteiger partial charge in [0.15, 0.2) is 0 Å². The lowest BCUT2D eigenvalue weighted by molar-refractivity contribution is -0.131. The van der Waals surface area contributed by atoms with E-state index >= 15 is 0 Å². The zero-order chi connectivity index (χ0) is 15.4. The van der Waals surface area contributed by atoms with Gasteiger partial charge in [-0.3, -0.25) is 14.6 Å². The van der Waals surface area contributed by atoms with Crippen molar-refractivity contribution in [3.8, 4) is 0 Å². The first-order chi connectivity index (χ1) is 10.7. The summed E-state index contributed by atoms with van der Waals surface area (Å²) in [6, 6.07) is 1.89. The second kappa shape index (κ2) is 6.38. The largest absolute Gasteiger partial charge is 0.367 e. The molecule has 2 amide bonds. The Hall–Kier alpha value is -2.70. The molecule has 0 aliphatic carbocycles. The van der Waals surface area contributed by atoms with E-state index in [9.17, 15) is 9.59 Å². The third-order valence-electron chi connectivity index (χ3n) is 3.72. The molecule has 0 atom stereocenters. The van der Waals surface area contributed by atoms with Gasteiger partial charge in [-0.2, -0.15) is 0 Å². The molecule has 1 saturated heterocycles. The Morgan fingerprint density at radius 2 is 1.91 bits per heavy atom. The van der Waals surface area contributed by atoms with Gasteiger partial charge in [-0.1, -0.05) is 0 Å². The molecule has 2 aromatic heterocycles. The second-order valence-electron chi connectivity index (χ2n) is 5.16. The highest BCUT2D eigenvalue weighted by atomic mass is 16.2. The highest BCUT2D eigenvalue weighted by Gasteiger charge is 2.25. The van der Waals surface area contributed by atoms with Crippen LogP contribution < -0.4 is 0 Å². The Bertz CT molecular complexity index is 633. The van der Waals surface area contributed by atoms with Crippen LogP contribution in [0.4, 0.5) is 0 Å². The van der Waals surface area contributed by atoms with Gasteiger partial charge in [-0.05, 0) is 11.6 Å². The Balaban J connectivity index is 1.54. The van der Waals surface area contributed by atoms with Crippen LogP contribution >= 0.6 is 0 Å². The van der Waals surface area contributed by atoms with Crippen molar-refractivity contribution in [3.63, 3.8) is 0 Å². The van der Waals surface area contributed by atoms with Crippen molar-refractivity contribution < 1.29 is 9.59 Å². The Morgan fingerprint density at radius 1 is 1.14 bits per heavy atom. The fourth-order valence-corrected chi connectivity index (χ4v) is 2.49. The number of rotatable bonds is 3. The number of nitrogens with one attached hydrogen (secondary N) is 1. The third kappa shape index (κ3) is 3.13. The van der Waals surface area contributed by atoms with Crippen molar-refractivity contribution in [2.45, 2.75) is 6.42 Å². The summed E-state index contributed by atoms with van der Waals surface area (Å²) in [5.74, 6) is -0.0444. The summed E-state index contributed by atoms with van der Waals surface area (Å²) in [6.45, 7) is 2.15. The maximum atomic E-state index is 12.2. The van der Waals surface area contributed by atoms with Crippen LogP contribution in [0.3, 0.4) is 0 Å². The van der Waals surface area contributed by atoms with Gasteiger partial charge in [0.05, 0.1) is 12.6 Å². The second-order valence-corrected chi connectivity index (χ2v) is 5.16.